The predicted molar refractivity (Wildman–Crippen MR) is 69.8 cm³/mol. The highest BCUT2D eigenvalue weighted by Gasteiger charge is 2.20. The van der Waals surface area contributed by atoms with E-state index >= 15 is 0 Å². The number of halogens is 1. The van der Waals surface area contributed by atoms with E-state index in [1.807, 2.05) is 0 Å². The van der Waals surface area contributed by atoms with Gasteiger partial charge in [0, 0.05) is 6.20 Å². The SMILES string of the molecule is C/C(=c1/[nH]cc(C(=O)C(=O)O)/c1=C(\F)C=N)n1ccnn1. The molecule has 0 aliphatic rings. The number of carbonyl (C=O) groups is 2. The van der Waals surface area contributed by atoms with Crippen LogP contribution >= 0.6 is 0 Å². The van der Waals surface area contributed by atoms with Crippen molar-refractivity contribution in [3.05, 3.63) is 34.7 Å². The minimum Gasteiger partial charge on any atom is -0.475 e. The number of nitrogens with zero attached hydrogens (tertiary/aromatic N) is 3. The summed E-state index contributed by atoms with van der Waals surface area (Å²) >= 11 is 0. The summed E-state index contributed by atoms with van der Waals surface area (Å²) in [5.41, 5.74) is 0.0295. The first-order valence-electron chi connectivity index (χ1n) is 5.70. The lowest BCUT2D eigenvalue weighted by molar-refractivity contribution is -0.131. The molecule has 0 saturated carbocycles. The van der Waals surface area contributed by atoms with E-state index in [9.17, 15) is 14.0 Å². The van der Waals surface area contributed by atoms with Crippen molar-refractivity contribution in [3.63, 3.8) is 0 Å². The second-order valence-corrected chi connectivity index (χ2v) is 4.01. The third kappa shape index (κ3) is 2.48. The van der Waals surface area contributed by atoms with Crippen molar-refractivity contribution < 1.29 is 19.1 Å². The van der Waals surface area contributed by atoms with Gasteiger partial charge in [-0.1, -0.05) is 5.21 Å². The lowest BCUT2D eigenvalue weighted by atomic mass is 10.1. The Hall–Kier alpha value is -3.10. The standard InChI is InChI=1S/C12H10FN5O3/c1-6(18-3-2-16-17-18)10-9(8(13)4-14)7(5-15-10)11(19)12(20)21/h2-5,14-15H,1H3,(H,20,21)/b9-8+,10-6-,14-4?. The number of Topliss-reactive ketones (excluding diaryl/α,β-unsaturated/α-hetero) is 1. The van der Waals surface area contributed by atoms with Crippen LogP contribution in [-0.2, 0) is 4.79 Å². The molecule has 2 heterocycles. The largest absolute Gasteiger partial charge is 0.475 e. The van der Waals surface area contributed by atoms with Crippen LogP contribution in [0.15, 0.2) is 18.6 Å². The number of aromatic nitrogens is 4. The summed E-state index contributed by atoms with van der Waals surface area (Å²) in [6.07, 6.45) is 4.40. The van der Waals surface area contributed by atoms with Gasteiger partial charge in [-0.2, -0.15) is 0 Å². The van der Waals surface area contributed by atoms with E-state index in [0.717, 1.165) is 6.20 Å². The summed E-state index contributed by atoms with van der Waals surface area (Å²) in [6.45, 7) is 1.58. The number of hydrogen-bond acceptors (Lipinski definition) is 5. The highest BCUT2D eigenvalue weighted by Crippen LogP contribution is 1.98. The second kappa shape index (κ2) is 5.49. The van der Waals surface area contributed by atoms with E-state index in [1.165, 1.54) is 17.1 Å². The minimum atomic E-state index is -1.71. The van der Waals surface area contributed by atoms with E-state index in [0.29, 0.717) is 11.9 Å². The zero-order chi connectivity index (χ0) is 15.6. The van der Waals surface area contributed by atoms with Crippen molar-refractivity contribution in [3.8, 4) is 0 Å². The summed E-state index contributed by atoms with van der Waals surface area (Å²) in [6, 6.07) is 0. The third-order valence-corrected chi connectivity index (χ3v) is 2.81. The summed E-state index contributed by atoms with van der Waals surface area (Å²) in [4.78, 5) is 25.0. The van der Waals surface area contributed by atoms with Gasteiger partial charge in [0.1, 0.15) is 0 Å². The molecule has 2 aromatic heterocycles. The van der Waals surface area contributed by atoms with Crippen molar-refractivity contribution in [2.24, 2.45) is 0 Å². The molecule has 0 unspecified atom stereocenters. The first kappa shape index (κ1) is 14.3. The molecule has 0 aliphatic heterocycles. The Morgan fingerprint density at radius 2 is 2.24 bits per heavy atom. The van der Waals surface area contributed by atoms with Crippen LogP contribution in [0, 0.1) is 5.41 Å². The molecule has 2 aromatic rings. The molecular weight excluding hydrogens is 281 g/mol. The summed E-state index contributed by atoms with van der Waals surface area (Å²) in [5, 5.41) is 22.9. The number of carboxylic acid groups (broad SMARTS) is 1. The molecule has 0 fully saturated rings. The van der Waals surface area contributed by atoms with Crippen molar-refractivity contribution in [1.82, 2.24) is 20.0 Å². The van der Waals surface area contributed by atoms with Crippen LogP contribution < -0.4 is 10.6 Å². The van der Waals surface area contributed by atoms with Gasteiger partial charge in [0.25, 0.3) is 5.78 Å². The summed E-state index contributed by atoms with van der Waals surface area (Å²) < 4.78 is 15.2. The average Bonchev–Trinajstić information content (AvgIpc) is 3.13. The molecule has 0 bridgehead atoms. The Morgan fingerprint density at radius 3 is 2.76 bits per heavy atom. The Balaban J connectivity index is 2.89. The molecule has 9 heteroatoms. The molecule has 0 amide bonds. The van der Waals surface area contributed by atoms with Crippen LogP contribution in [0.4, 0.5) is 4.39 Å². The topological polar surface area (TPSA) is 125 Å². The van der Waals surface area contributed by atoms with Crippen LogP contribution in [0.3, 0.4) is 0 Å². The van der Waals surface area contributed by atoms with Crippen molar-refractivity contribution >= 4 is 29.5 Å². The molecule has 3 N–H and O–H groups in total. The Labute approximate surface area is 116 Å². The van der Waals surface area contributed by atoms with Gasteiger partial charge in [-0.3, -0.25) is 4.79 Å². The van der Waals surface area contributed by atoms with Crippen LogP contribution in [0.1, 0.15) is 17.3 Å². The van der Waals surface area contributed by atoms with E-state index < -0.39 is 17.6 Å². The van der Waals surface area contributed by atoms with Gasteiger partial charge in [-0.25, -0.2) is 13.9 Å². The molecule has 8 nitrogen and oxygen atoms in total. The first-order valence-corrected chi connectivity index (χ1v) is 5.70. The monoisotopic (exact) mass is 291 g/mol. The Kier molecular flexibility index (Phi) is 3.74. The lowest BCUT2D eigenvalue weighted by Crippen LogP contribution is -2.34. The van der Waals surface area contributed by atoms with Crippen LogP contribution in [0.5, 0.6) is 0 Å². The molecule has 0 aliphatic carbocycles. The van der Waals surface area contributed by atoms with Gasteiger partial charge < -0.3 is 15.5 Å². The number of hydrogen-bond donors (Lipinski definition) is 3. The maximum Gasteiger partial charge on any atom is 0.377 e. The molecule has 21 heavy (non-hydrogen) atoms. The molecule has 0 radical (unpaired) electrons. The van der Waals surface area contributed by atoms with Crippen molar-refractivity contribution in [1.29, 1.82) is 5.41 Å². The third-order valence-electron chi connectivity index (χ3n) is 2.81. The molecule has 0 aromatic carbocycles. The Morgan fingerprint density at radius 1 is 1.52 bits per heavy atom. The average molecular weight is 291 g/mol. The van der Waals surface area contributed by atoms with Crippen LogP contribution in [0.25, 0.3) is 11.5 Å². The van der Waals surface area contributed by atoms with Crippen molar-refractivity contribution in [2.75, 3.05) is 0 Å². The second-order valence-electron chi connectivity index (χ2n) is 4.01. The maximum atomic E-state index is 13.9. The van der Waals surface area contributed by atoms with E-state index in [-0.39, 0.29) is 16.1 Å². The van der Waals surface area contributed by atoms with Crippen LogP contribution in [0.2, 0.25) is 0 Å². The number of carbonyl (C=O) groups excluding carboxylic acids is 1. The summed E-state index contributed by atoms with van der Waals surface area (Å²) in [5.74, 6) is -4.01. The zero-order valence-corrected chi connectivity index (χ0v) is 10.8. The molecule has 0 atom stereocenters. The fourth-order valence-corrected chi connectivity index (χ4v) is 1.82. The molecule has 108 valence electrons. The quantitative estimate of drug-likeness (QED) is 0.389. The molecule has 0 saturated heterocycles. The fraction of sp³-hybridized carbons (Fsp3) is 0.0833. The van der Waals surface area contributed by atoms with Gasteiger partial charge in [0.2, 0.25) is 0 Å². The normalized spacial score (nSPS) is 13.6. The van der Waals surface area contributed by atoms with Crippen LogP contribution in [-0.4, -0.2) is 43.1 Å². The van der Waals surface area contributed by atoms with Gasteiger partial charge in [-0.15, -0.1) is 5.10 Å². The smallest absolute Gasteiger partial charge is 0.377 e. The number of aromatic amines is 1. The lowest BCUT2D eigenvalue weighted by Gasteiger charge is -1.98. The number of carboxylic acids is 1. The minimum absolute atomic E-state index is 0.145. The number of nitrogens with one attached hydrogen (secondary N) is 2. The number of rotatable bonds is 4. The van der Waals surface area contributed by atoms with E-state index in [2.05, 4.69) is 15.3 Å². The number of H-pyrrole nitrogens is 1. The van der Waals surface area contributed by atoms with Crippen molar-refractivity contribution in [2.45, 2.75) is 6.92 Å². The highest BCUT2D eigenvalue weighted by atomic mass is 19.1. The fourth-order valence-electron chi connectivity index (χ4n) is 1.82. The van der Waals surface area contributed by atoms with Gasteiger partial charge in [0.05, 0.1) is 40.4 Å². The van der Waals surface area contributed by atoms with Gasteiger partial charge in [-0.05, 0) is 6.92 Å². The van der Waals surface area contributed by atoms with E-state index in [4.69, 9.17) is 10.5 Å². The van der Waals surface area contributed by atoms with Gasteiger partial charge in [0.15, 0.2) is 5.83 Å². The van der Waals surface area contributed by atoms with E-state index in [1.54, 1.807) is 6.92 Å². The first-order chi connectivity index (χ1) is 9.97. The molecular formula is C12H10FN5O3. The Bertz CT molecular complexity index is 835. The number of ketones is 1. The maximum absolute atomic E-state index is 13.9. The molecule has 0 spiro atoms. The zero-order valence-electron chi connectivity index (χ0n) is 10.8. The predicted octanol–water partition coefficient (Wildman–Crippen LogP) is -0.723. The molecule has 2 rings (SSSR count). The highest BCUT2D eigenvalue weighted by molar-refractivity contribution is 6.40. The number of aliphatic carboxylic acids is 1. The summed E-state index contributed by atoms with van der Waals surface area (Å²) in [7, 11) is 0. The van der Waals surface area contributed by atoms with Gasteiger partial charge >= 0.3 is 5.97 Å².